The molecule has 0 heterocycles. The van der Waals surface area contributed by atoms with Crippen LogP contribution in [-0.2, 0) is 0 Å². The lowest BCUT2D eigenvalue weighted by Crippen LogP contribution is -2.19. The summed E-state index contributed by atoms with van der Waals surface area (Å²) in [6.45, 7) is 0. The van der Waals surface area contributed by atoms with Crippen molar-refractivity contribution in [2.45, 2.75) is 6.10 Å². The Balaban J connectivity index is 3.47. The predicted octanol–water partition coefficient (Wildman–Crippen LogP) is 0.810. The Morgan fingerprint density at radius 2 is 1.78 bits per heavy atom. The van der Waals surface area contributed by atoms with E-state index in [-0.39, 0.29) is 5.88 Å². The Morgan fingerprint density at radius 1 is 1.33 bits per heavy atom. The van der Waals surface area contributed by atoms with Crippen LogP contribution in [-0.4, -0.2) is 36.5 Å². The van der Waals surface area contributed by atoms with Crippen molar-refractivity contribution in [1.29, 1.82) is 0 Å². The van der Waals surface area contributed by atoms with Gasteiger partial charge in [0.1, 0.15) is 0 Å². The van der Waals surface area contributed by atoms with Gasteiger partial charge in [-0.25, -0.2) is 0 Å². The molecule has 6 heteroatoms. The first-order valence-corrected chi connectivity index (χ1v) is 4.39. The highest BCUT2D eigenvalue weighted by atomic mass is 35.5. The maximum absolute atomic E-state index is 8.60. The summed E-state index contributed by atoms with van der Waals surface area (Å²) < 4.78 is 24.9. The average Bonchev–Trinajstić information content (AvgIpc) is 1.62. The largest absolute Gasteiger partial charge is 0.391 e. The van der Waals surface area contributed by atoms with Crippen molar-refractivity contribution in [2.75, 3.05) is 11.6 Å². The first-order valence-electron chi connectivity index (χ1n) is 2.18. The van der Waals surface area contributed by atoms with E-state index in [1.807, 2.05) is 0 Å². The molecule has 0 bridgehead atoms. The molecule has 1 atom stereocenters. The van der Waals surface area contributed by atoms with Crippen LogP contribution >= 0.6 is 22.5 Å². The number of alkyl halides is 1. The minimum absolute atomic E-state index is 0.115. The summed E-state index contributed by atoms with van der Waals surface area (Å²) in [7, 11) is -3.57. The standard InChI is InChI=1S/C3H9ClO4S/c4-1-3(5)2-9(6,7)8/h3,5-8H,1-2H2. The molecule has 0 aliphatic rings. The normalized spacial score (nSPS) is 17.4. The van der Waals surface area contributed by atoms with Crippen LogP contribution in [0.15, 0.2) is 0 Å². The van der Waals surface area contributed by atoms with Crippen molar-refractivity contribution in [1.82, 2.24) is 0 Å². The molecule has 0 aliphatic heterocycles. The zero-order chi connectivity index (χ0) is 7.49. The molecule has 0 amide bonds. The number of aliphatic hydroxyl groups excluding tert-OH is 1. The molecule has 0 aromatic heterocycles. The summed E-state index contributed by atoms with van der Waals surface area (Å²) in [6, 6.07) is 0. The van der Waals surface area contributed by atoms with Crippen molar-refractivity contribution in [3.8, 4) is 0 Å². The molecule has 4 N–H and O–H groups in total. The molecule has 0 radical (unpaired) electrons. The quantitative estimate of drug-likeness (QED) is 0.480. The number of aliphatic hydroxyl groups is 1. The van der Waals surface area contributed by atoms with Crippen LogP contribution in [0.1, 0.15) is 0 Å². The van der Waals surface area contributed by atoms with Crippen LogP contribution in [0.4, 0.5) is 0 Å². The van der Waals surface area contributed by atoms with Crippen molar-refractivity contribution in [3.05, 3.63) is 0 Å². The predicted molar refractivity (Wildman–Crippen MR) is 37.1 cm³/mol. The maximum Gasteiger partial charge on any atom is 0.0836 e. The first kappa shape index (κ1) is 9.48. The van der Waals surface area contributed by atoms with Crippen LogP contribution in [0, 0.1) is 0 Å². The van der Waals surface area contributed by atoms with E-state index in [0.29, 0.717) is 0 Å². The minimum atomic E-state index is -3.57. The molecular formula is C3H9ClO4S. The second-order valence-electron chi connectivity index (χ2n) is 1.61. The lowest BCUT2D eigenvalue weighted by Gasteiger charge is -2.20. The van der Waals surface area contributed by atoms with Gasteiger partial charge in [0.2, 0.25) is 0 Å². The van der Waals surface area contributed by atoms with Gasteiger partial charge in [0.25, 0.3) is 0 Å². The third-order valence-corrected chi connectivity index (χ3v) is 1.78. The fourth-order valence-corrected chi connectivity index (χ4v) is 1.18. The molecule has 0 aromatic carbocycles. The number of hydrogen-bond acceptors (Lipinski definition) is 4. The minimum Gasteiger partial charge on any atom is -0.391 e. The highest BCUT2D eigenvalue weighted by molar-refractivity contribution is 8.19. The van der Waals surface area contributed by atoms with Gasteiger partial charge in [-0.3, -0.25) is 0 Å². The number of hydrogen-bond donors (Lipinski definition) is 4. The van der Waals surface area contributed by atoms with Crippen LogP contribution in [0.5, 0.6) is 0 Å². The fraction of sp³-hybridized carbons (Fsp3) is 1.00. The molecular weight excluding hydrogens is 168 g/mol. The SMILES string of the molecule is OC(CCl)CS(O)(O)O. The topological polar surface area (TPSA) is 80.9 Å². The van der Waals surface area contributed by atoms with Crippen molar-refractivity contribution in [2.24, 2.45) is 0 Å². The van der Waals surface area contributed by atoms with E-state index in [2.05, 4.69) is 0 Å². The number of halogens is 1. The highest BCUT2D eigenvalue weighted by Crippen LogP contribution is 2.32. The molecule has 58 valence electrons. The van der Waals surface area contributed by atoms with Crippen molar-refractivity contribution >= 4 is 22.5 Å². The molecule has 0 aliphatic carbocycles. The molecule has 9 heavy (non-hydrogen) atoms. The molecule has 0 saturated carbocycles. The van der Waals surface area contributed by atoms with Gasteiger partial charge < -0.3 is 18.8 Å². The van der Waals surface area contributed by atoms with E-state index in [1.54, 1.807) is 0 Å². The van der Waals surface area contributed by atoms with Crippen LogP contribution in [0.3, 0.4) is 0 Å². The zero-order valence-corrected chi connectivity index (χ0v) is 6.14. The summed E-state index contributed by atoms with van der Waals surface area (Å²) in [5.41, 5.74) is 0. The summed E-state index contributed by atoms with van der Waals surface area (Å²) in [5, 5.41) is 8.60. The molecule has 0 aromatic rings. The Labute approximate surface area is 59.6 Å². The first-order chi connectivity index (χ1) is 3.95. The monoisotopic (exact) mass is 176 g/mol. The lowest BCUT2D eigenvalue weighted by molar-refractivity contribution is 0.212. The van der Waals surface area contributed by atoms with Gasteiger partial charge in [0.15, 0.2) is 0 Å². The van der Waals surface area contributed by atoms with E-state index in [1.165, 1.54) is 0 Å². The fourth-order valence-electron chi connectivity index (χ4n) is 0.303. The Hall–Kier alpha value is 0.480. The Bertz CT molecular complexity index is 82.4. The molecule has 0 fully saturated rings. The molecule has 1 unspecified atom stereocenters. The van der Waals surface area contributed by atoms with E-state index in [9.17, 15) is 0 Å². The summed E-state index contributed by atoms with van der Waals surface area (Å²) in [5.74, 6) is -0.590. The summed E-state index contributed by atoms with van der Waals surface area (Å²) in [4.78, 5) is 0. The summed E-state index contributed by atoms with van der Waals surface area (Å²) >= 11 is 5.09. The van der Waals surface area contributed by atoms with E-state index in [4.69, 9.17) is 30.4 Å². The molecule has 4 nitrogen and oxygen atoms in total. The van der Waals surface area contributed by atoms with Gasteiger partial charge in [-0.15, -0.1) is 11.6 Å². The highest BCUT2D eigenvalue weighted by Gasteiger charge is 2.16. The van der Waals surface area contributed by atoms with Crippen LogP contribution in [0.2, 0.25) is 0 Å². The van der Waals surface area contributed by atoms with Gasteiger partial charge in [-0.05, 0) is 0 Å². The van der Waals surface area contributed by atoms with Gasteiger partial charge in [-0.1, -0.05) is 0 Å². The average molecular weight is 177 g/mol. The van der Waals surface area contributed by atoms with E-state index < -0.39 is 22.7 Å². The van der Waals surface area contributed by atoms with Gasteiger partial charge in [-0.2, -0.15) is 0 Å². The lowest BCUT2D eigenvalue weighted by atomic mass is 10.5. The van der Waals surface area contributed by atoms with Crippen molar-refractivity contribution < 1.29 is 18.8 Å². The molecule has 0 spiro atoms. The van der Waals surface area contributed by atoms with Gasteiger partial charge >= 0.3 is 0 Å². The zero-order valence-electron chi connectivity index (χ0n) is 4.57. The summed E-state index contributed by atoms with van der Waals surface area (Å²) in [6.07, 6.45) is -1.05. The third kappa shape index (κ3) is 6.36. The Kier molecular flexibility index (Phi) is 3.79. The van der Waals surface area contributed by atoms with Gasteiger partial charge in [0, 0.05) is 5.88 Å². The second kappa shape index (κ2) is 3.60. The molecule has 0 saturated heterocycles. The third-order valence-electron chi connectivity index (χ3n) is 0.594. The van der Waals surface area contributed by atoms with E-state index in [0.717, 1.165) is 0 Å². The van der Waals surface area contributed by atoms with Crippen LogP contribution in [0.25, 0.3) is 0 Å². The van der Waals surface area contributed by atoms with E-state index >= 15 is 0 Å². The smallest absolute Gasteiger partial charge is 0.0836 e. The number of rotatable bonds is 3. The van der Waals surface area contributed by atoms with Crippen molar-refractivity contribution in [3.63, 3.8) is 0 Å². The Morgan fingerprint density at radius 3 is 1.89 bits per heavy atom. The molecule has 0 rings (SSSR count). The second-order valence-corrected chi connectivity index (χ2v) is 3.51. The van der Waals surface area contributed by atoms with Crippen LogP contribution < -0.4 is 0 Å². The maximum atomic E-state index is 8.60. The van der Waals surface area contributed by atoms with Gasteiger partial charge in [0.05, 0.1) is 22.7 Å².